The zero-order valence-electron chi connectivity index (χ0n) is 10.8. The van der Waals surface area contributed by atoms with Gasteiger partial charge in [0.2, 0.25) is 0 Å². The fourth-order valence-electron chi connectivity index (χ4n) is 5.42. The van der Waals surface area contributed by atoms with Crippen molar-refractivity contribution in [3.05, 3.63) is 35.9 Å². The fraction of sp³-hybridized carbons (Fsp3) is 0.562. The molecule has 6 fully saturated rings. The Kier molecular flexibility index (Phi) is 1.61. The van der Waals surface area contributed by atoms with Crippen molar-refractivity contribution < 1.29 is 9.53 Å². The van der Waals surface area contributed by atoms with Crippen LogP contribution in [0.25, 0.3) is 0 Å². The van der Waals surface area contributed by atoms with Crippen LogP contribution in [-0.4, -0.2) is 22.6 Å². The van der Waals surface area contributed by atoms with Crippen LogP contribution in [-0.2, 0) is 11.3 Å². The summed E-state index contributed by atoms with van der Waals surface area (Å²) in [7, 11) is 0. The normalized spacial score (nSPS) is 43.7. The number of piperidine rings is 2. The number of rotatable bonds is 2. The summed E-state index contributed by atoms with van der Waals surface area (Å²) >= 11 is 0. The van der Waals surface area contributed by atoms with Crippen molar-refractivity contribution >= 4 is 6.09 Å². The van der Waals surface area contributed by atoms with Gasteiger partial charge in [-0.25, -0.2) is 4.79 Å². The van der Waals surface area contributed by atoms with Gasteiger partial charge in [0.1, 0.15) is 6.61 Å². The third kappa shape index (κ3) is 1.01. The molecule has 4 bridgehead atoms. The number of hydrogen-bond acceptors (Lipinski definition) is 2. The Balaban J connectivity index is 1.31. The molecule has 0 N–H and O–H groups in total. The topological polar surface area (TPSA) is 29.5 Å². The molecule has 1 amide bonds. The molecule has 2 unspecified atom stereocenters. The minimum atomic E-state index is -0.0774. The molecule has 1 aromatic carbocycles. The molecule has 6 aliphatic rings. The molecule has 4 saturated carbocycles. The van der Waals surface area contributed by atoms with Crippen LogP contribution in [0.15, 0.2) is 30.3 Å². The highest BCUT2D eigenvalue weighted by Gasteiger charge is 2.84. The molecular formula is C16H17NO2. The van der Waals surface area contributed by atoms with E-state index in [0.717, 1.165) is 11.5 Å². The highest BCUT2D eigenvalue weighted by atomic mass is 16.6. The largest absolute Gasteiger partial charge is 0.445 e. The Labute approximate surface area is 112 Å². The standard InChI is InChI=1S/C16H17NO2/c18-14(19-9-11-4-2-1-3-5-11)17-13-8-16(17)10-15(13)6-12(16)7-15/h1-5,12-13H,6-10H2. The molecular weight excluding hydrogens is 238 g/mol. The van der Waals surface area contributed by atoms with Crippen LogP contribution in [0.1, 0.15) is 31.2 Å². The number of carbonyl (C=O) groups excluding carboxylic acids is 1. The number of hydrogen-bond donors (Lipinski definition) is 0. The molecule has 4 aliphatic carbocycles. The van der Waals surface area contributed by atoms with Gasteiger partial charge in [-0.1, -0.05) is 30.3 Å². The zero-order valence-corrected chi connectivity index (χ0v) is 10.8. The lowest BCUT2D eigenvalue weighted by Gasteiger charge is -2.65. The van der Waals surface area contributed by atoms with E-state index < -0.39 is 0 Å². The lowest BCUT2D eigenvalue weighted by Crippen LogP contribution is -2.73. The van der Waals surface area contributed by atoms with Gasteiger partial charge in [-0.15, -0.1) is 0 Å². The number of carbonyl (C=O) groups is 1. The Bertz CT molecular complexity index is 563. The van der Waals surface area contributed by atoms with Crippen LogP contribution in [0.4, 0.5) is 4.79 Å². The second-order valence-corrected chi connectivity index (χ2v) is 6.88. The van der Waals surface area contributed by atoms with E-state index in [2.05, 4.69) is 4.90 Å². The van der Waals surface area contributed by atoms with Gasteiger partial charge in [0.15, 0.2) is 0 Å². The molecule has 0 radical (unpaired) electrons. The van der Waals surface area contributed by atoms with E-state index in [9.17, 15) is 4.79 Å². The quantitative estimate of drug-likeness (QED) is 0.813. The summed E-state index contributed by atoms with van der Waals surface area (Å²) in [6.07, 6.45) is 5.18. The van der Waals surface area contributed by atoms with Crippen LogP contribution >= 0.6 is 0 Å². The molecule has 3 heteroatoms. The third-order valence-corrected chi connectivity index (χ3v) is 6.17. The summed E-state index contributed by atoms with van der Waals surface area (Å²) in [6.45, 7) is 0.399. The first-order valence-electron chi connectivity index (χ1n) is 7.24. The lowest BCUT2D eigenvalue weighted by molar-refractivity contribution is -0.152. The van der Waals surface area contributed by atoms with E-state index in [0.29, 0.717) is 18.1 Å². The number of benzene rings is 1. The van der Waals surface area contributed by atoms with E-state index in [1.54, 1.807) is 0 Å². The predicted molar refractivity (Wildman–Crippen MR) is 69.4 cm³/mol. The maximum absolute atomic E-state index is 12.3. The predicted octanol–water partition coefficient (Wildman–Crippen LogP) is 2.95. The second-order valence-electron chi connectivity index (χ2n) is 6.88. The summed E-state index contributed by atoms with van der Waals surface area (Å²) in [5, 5.41) is 0. The maximum Gasteiger partial charge on any atom is 0.410 e. The zero-order chi connectivity index (χ0) is 12.7. The van der Waals surface area contributed by atoms with E-state index >= 15 is 0 Å². The van der Waals surface area contributed by atoms with Gasteiger partial charge >= 0.3 is 6.09 Å². The highest BCUT2D eigenvalue weighted by molar-refractivity contribution is 5.73. The second kappa shape index (κ2) is 2.97. The summed E-state index contributed by atoms with van der Waals surface area (Å²) in [4.78, 5) is 14.4. The Morgan fingerprint density at radius 2 is 2.05 bits per heavy atom. The van der Waals surface area contributed by atoms with Crippen LogP contribution in [0, 0.1) is 11.3 Å². The Morgan fingerprint density at radius 1 is 1.26 bits per heavy atom. The SMILES string of the molecule is O=C(OCc1ccccc1)N1C2CC13CC21CC3C1. The Hall–Kier alpha value is -1.51. The van der Waals surface area contributed by atoms with Crippen molar-refractivity contribution in [1.29, 1.82) is 0 Å². The van der Waals surface area contributed by atoms with E-state index in [1.807, 2.05) is 30.3 Å². The minimum Gasteiger partial charge on any atom is -0.445 e. The van der Waals surface area contributed by atoms with E-state index in [-0.39, 0.29) is 11.6 Å². The molecule has 3 nitrogen and oxygen atoms in total. The van der Waals surface area contributed by atoms with Gasteiger partial charge in [-0.05, 0) is 42.6 Å². The summed E-state index contributed by atoms with van der Waals surface area (Å²) in [6, 6.07) is 10.4. The number of amides is 1. The third-order valence-electron chi connectivity index (χ3n) is 6.17. The Morgan fingerprint density at radius 3 is 2.63 bits per heavy atom. The van der Waals surface area contributed by atoms with Gasteiger partial charge in [0.25, 0.3) is 0 Å². The van der Waals surface area contributed by atoms with Crippen LogP contribution in [0.2, 0.25) is 0 Å². The van der Waals surface area contributed by atoms with Crippen molar-refractivity contribution in [3.63, 3.8) is 0 Å². The molecule has 1 aromatic rings. The molecule has 2 atom stereocenters. The van der Waals surface area contributed by atoms with Crippen molar-refractivity contribution in [3.8, 4) is 0 Å². The molecule has 2 saturated heterocycles. The van der Waals surface area contributed by atoms with Gasteiger partial charge in [-0.3, -0.25) is 4.90 Å². The number of nitrogens with zero attached hydrogens (tertiary/aromatic N) is 1. The van der Waals surface area contributed by atoms with Crippen LogP contribution < -0.4 is 0 Å². The van der Waals surface area contributed by atoms with Crippen molar-refractivity contribution in [2.24, 2.45) is 11.3 Å². The van der Waals surface area contributed by atoms with E-state index in [4.69, 9.17) is 4.74 Å². The first-order valence-corrected chi connectivity index (χ1v) is 7.24. The van der Waals surface area contributed by atoms with Gasteiger partial charge in [0.05, 0.1) is 5.54 Å². The van der Waals surface area contributed by atoms with Gasteiger partial charge in [0, 0.05) is 6.04 Å². The minimum absolute atomic E-state index is 0.0774. The van der Waals surface area contributed by atoms with Crippen molar-refractivity contribution in [2.75, 3.05) is 0 Å². The maximum atomic E-state index is 12.3. The van der Waals surface area contributed by atoms with Crippen molar-refractivity contribution in [2.45, 2.75) is 43.9 Å². The molecule has 7 rings (SSSR count). The number of ether oxygens (including phenoxy) is 1. The average molecular weight is 255 g/mol. The molecule has 2 aliphatic heterocycles. The molecule has 19 heavy (non-hydrogen) atoms. The summed E-state index contributed by atoms with van der Waals surface area (Å²) in [5.41, 5.74) is 1.80. The molecule has 0 aromatic heterocycles. The first kappa shape index (κ1) is 10.3. The average Bonchev–Trinajstić information content (AvgIpc) is 3.05. The van der Waals surface area contributed by atoms with Gasteiger partial charge in [-0.2, -0.15) is 0 Å². The first-order chi connectivity index (χ1) is 9.24. The monoisotopic (exact) mass is 255 g/mol. The highest BCUT2D eigenvalue weighted by Crippen LogP contribution is 2.82. The molecule has 2 spiro atoms. The van der Waals surface area contributed by atoms with Crippen LogP contribution in [0.5, 0.6) is 0 Å². The van der Waals surface area contributed by atoms with Crippen LogP contribution in [0.3, 0.4) is 0 Å². The van der Waals surface area contributed by atoms with Gasteiger partial charge < -0.3 is 4.74 Å². The molecule has 98 valence electrons. The summed E-state index contributed by atoms with van der Waals surface area (Å²) < 4.78 is 5.51. The smallest absolute Gasteiger partial charge is 0.410 e. The summed E-state index contributed by atoms with van der Waals surface area (Å²) in [5.74, 6) is 0.779. The van der Waals surface area contributed by atoms with Crippen molar-refractivity contribution in [1.82, 2.24) is 4.90 Å². The fourth-order valence-corrected chi connectivity index (χ4v) is 5.42. The van der Waals surface area contributed by atoms with E-state index in [1.165, 1.54) is 25.7 Å². The molecule has 2 heterocycles. The lowest BCUT2D eigenvalue weighted by atomic mass is 9.54.